The van der Waals surface area contributed by atoms with Crippen LogP contribution < -0.4 is 5.32 Å². The summed E-state index contributed by atoms with van der Waals surface area (Å²) in [7, 11) is 0. The van der Waals surface area contributed by atoms with E-state index in [-0.39, 0.29) is 11.6 Å². The molecule has 1 aromatic heterocycles. The minimum Gasteiger partial charge on any atom is -0.384 e. The predicted octanol–water partition coefficient (Wildman–Crippen LogP) is 2.57. The molecule has 0 radical (unpaired) electrons. The lowest BCUT2D eigenvalue weighted by atomic mass is 10.1. The van der Waals surface area contributed by atoms with E-state index in [1.807, 2.05) is 4.90 Å². The highest BCUT2D eigenvalue weighted by atomic mass is 16.6. The summed E-state index contributed by atoms with van der Waals surface area (Å²) in [4.78, 5) is 28.6. The zero-order valence-electron chi connectivity index (χ0n) is 12.7. The van der Waals surface area contributed by atoms with E-state index >= 15 is 0 Å². The maximum atomic E-state index is 12.0. The van der Waals surface area contributed by atoms with Gasteiger partial charge in [-0.15, -0.1) is 0 Å². The molecule has 2 heterocycles. The number of hydrogen-bond acceptors (Lipinski definition) is 5. The summed E-state index contributed by atoms with van der Waals surface area (Å²) in [6.45, 7) is 2.21. The topological polar surface area (TPSA) is 88.4 Å². The Kier molecular flexibility index (Phi) is 4.36. The minimum absolute atomic E-state index is 0.0341. The first-order valence-electron chi connectivity index (χ1n) is 7.69. The number of likely N-dealkylation sites (tertiary alicyclic amines) is 1. The molecule has 1 N–H and O–H groups in total. The van der Waals surface area contributed by atoms with Crippen molar-refractivity contribution in [3.05, 3.63) is 40.7 Å². The number of amides is 1. The number of carbonyl (C=O) groups excluding carboxylic acids is 1. The Labute approximate surface area is 133 Å². The number of hydrogen-bond donors (Lipinski definition) is 1. The largest absolute Gasteiger partial charge is 0.384 e. The molecule has 2 aromatic rings. The first-order valence-corrected chi connectivity index (χ1v) is 7.69. The number of nitrogens with one attached hydrogen (secondary N) is 1. The Morgan fingerprint density at radius 1 is 1.26 bits per heavy atom. The summed E-state index contributed by atoms with van der Waals surface area (Å²) < 4.78 is 0. The van der Waals surface area contributed by atoms with Crippen LogP contribution in [0.5, 0.6) is 0 Å². The normalized spacial score (nSPS) is 14.2. The van der Waals surface area contributed by atoms with Crippen molar-refractivity contribution in [2.24, 2.45) is 0 Å². The molecule has 120 valence electrons. The van der Waals surface area contributed by atoms with Gasteiger partial charge < -0.3 is 10.2 Å². The molecule has 23 heavy (non-hydrogen) atoms. The number of anilines is 1. The van der Waals surface area contributed by atoms with E-state index in [1.54, 1.807) is 18.3 Å². The highest BCUT2D eigenvalue weighted by Gasteiger charge is 2.18. The average molecular weight is 314 g/mol. The van der Waals surface area contributed by atoms with Gasteiger partial charge in [-0.05, 0) is 25.0 Å². The molecule has 1 fully saturated rings. The molecule has 3 rings (SSSR count). The van der Waals surface area contributed by atoms with Gasteiger partial charge in [0, 0.05) is 55.6 Å². The molecule has 0 saturated carbocycles. The van der Waals surface area contributed by atoms with Crippen molar-refractivity contribution in [3.8, 4) is 0 Å². The van der Waals surface area contributed by atoms with Gasteiger partial charge in [0.2, 0.25) is 5.91 Å². The van der Waals surface area contributed by atoms with Crippen molar-refractivity contribution in [2.75, 3.05) is 25.0 Å². The van der Waals surface area contributed by atoms with Gasteiger partial charge in [-0.1, -0.05) is 0 Å². The Balaban J connectivity index is 1.72. The number of carbonyl (C=O) groups is 1. The second kappa shape index (κ2) is 6.60. The smallest absolute Gasteiger partial charge is 0.278 e. The third-order valence-electron chi connectivity index (χ3n) is 4.10. The Hall–Kier alpha value is -2.70. The van der Waals surface area contributed by atoms with Crippen LogP contribution in [-0.4, -0.2) is 40.3 Å². The minimum atomic E-state index is -0.412. The lowest BCUT2D eigenvalue weighted by Gasteiger charge is -2.16. The van der Waals surface area contributed by atoms with Crippen LogP contribution in [0.15, 0.2) is 30.6 Å². The van der Waals surface area contributed by atoms with Crippen LogP contribution >= 0.6 is 0 Å². The van der Waals surface area contributed by atoms with E-state index in [0.717, 1.165) is 37.0 Å². The van der Waals surface area contributed by atoms with Crippen LogP contribution in [0.25, 0.3) is 10.8 Å². The summed E-state index contributed by atoms with van der Waals surface area (Å²) >= 11 is 0. The number of rotatable bonds is 5. The standard InChI is InChI=1S/C16H18N4O3/c21-16(19-9-1-2-10-19)6-8-18-14-3-4-15(20(22)23)13-11-17-7-5-12(13)14/h3-5,7,11,18H,1-2,6,8-10H2. The zero-order chi connectivity index (χ0) is 16.2. The molecule has 0 spiro atoms. The van der Waals surface area contributed by atoms with Gasteiger partial charge in [0.05, 0.1) is 10.3 Å². The zero-order valence-corrected chi connectivity index (χ0v) is 12.7. The number of nitrogens with zero attached hydrogens (tertiary/aromatic N) is 3. The quantitative estimate of drug-likeness (QED) is 0.677. The maximum absolute atomic E-state index is 12.0. The van der Waals surface area contributed by atoms with Gasteiger partial charge in [0.25, 0.3) is 5.69 Å². The number of pyridine rings is 1. The third kappa shape index (κ3) is 3.23. The number of nitro benzene ring substituents is 1. The van der Waals surface area contributed by atoms with E-state index in [0.29, 0.717) is 18.4 Å². The highest BCUT2D eigenvalue weighted by Crippen LogP contribution is 2.30. The molecular formula is C16H18N4O3. The molecular weight excluding hydrogens is 296 g/mol. The van der Waals surface area contributed by atoms with Crippen LogP contribution in [0.4, 0.5) is 11.4 Å². The van der Waals surface area contributed by atoms with Gasteiger partial charge in [-0.25, -0.2) is 0 Å². The summed E-state index contributed by atoms with van der Waals surface area (Å²) in [6.07, 6.45) is 5.68. The second-order valence-corrected chi connectivity index (χ2v) is 5.58. The van der Waals surface area contributed by atoms with Gasteiger partial charge in [-0.3, -0.25) is 19.9 Å². The number of nitro groups is 1. The summed E-state index contributed by atoms with van der Waals surface area (Å²) in [6, 6.07) is 4.89. The lowest BCUT2D eigenvalue weighted by Crippen LogP contribution is -2.29. The SMILES string of the molecule is O=C(CCNc1ccc([N+](=O)[O-])c2cnccc12)N1CCCC1. The molecule has 1 aromatic carbocycles. The average Bonchev–Trinajstić information content (AvgIpc) is 3.09. The summed E-state index contributed by atoms with van der Waals surface area (Å²) in [5, 5.41) is 15.5. The number of fused-ring (bicyclic) bond motifs is 1. The van der Waals surface area contributed by atoms with E-state index in [4.69, 9.17) is 0 Å². The highest BCUT2D eigenvalue weighted by molar-refractivity contribution is 5.99. The predicted molar refractivity (Wildman–Crippen MR) is 87.3 cm³/mol. The molecule has 0 aliphatic carbocycles. The molecule has 0 bridgehead atoms. The van der Waals surface area contributed by atoms with Crippen molar-refractivity contribution in [1.29, 1.82) is 0 Å². The number of aromatic nitrogens is 1. The van der Waals surface area contributed by atoms with Crippen molar-refractivity contribution >= 4 is 28.1 Å². The van der Waals surface area contributed by atoms with E-state index in [9.17, 15) is 14.9 Å². The monoisotopic (exact) mass is 314 g/mol. The first-order chi connectivity index (χ1) is 11.2. The number of benzene rings is 1. The van der Waals surface area contributed by atoms with E-state index in [1.165, 1.54) is 12.3 Å². The van der Waals surface area contributed by atoms with Crippen molar-refractivity contribution in [1.82, 2.24) is 9.88 Å². The fourth-order valence-corrected chi connectivity index (χ4v) is 2.92. The van der Waals surface area contributed by atoms with Gasteiger partial charge in [0.1, 0.15) is 0 Å². The Morgan fingerprint density at radius 3 is 2.78 bits per heavy atom. The van der Waals surface area contributed by atoms with Crippen LogP contribution in [0, 0.1) is 10.1 Å². The van der Waals surface area contributed by atoms with Gasteiger partial charge in [-0.2, -0.15) is 0 Å². The summed E-state index contributed by atoms with van der Waals surface area (Å²) in [5.74, 6) is 0.155. The second-order valence-electron chi connectivity index (χ2n) is 5.58. The molecule has 1 aliphatic heterocycles. The fraction of sp³-hybridized carbons (Fsp3) is 0.375. The lowest BCUT2D eigenvalue weighted by molar-refractivity contribution is -0.383. The number of non-ortho nitro benzene ring substituents is 1. The van der Waals surface area contributed by atoms with Gasteiger partial charge >= 0.3 is 0 Å². The Morgan fingerprint density at radius 2 is 2.04 bits per heavy atom. The maximum Gasteiger partial charge on any atom is 0.278 e. The summed E-state index contributed by atoms with van der Waals surface area (Å²) in [5.41, 5.74) is 0.814. The van der Waals surface area contributed by atoms with E-state index < -0.39 is 4.92 Å². The molecule has 0 unspecified atom stereocenters. The van der Waals surface area contributed by atoms with E-state index in [2.05, 4.69) is 10.3 Å². The van der Waals surface area contributed by atoms with Crippen LogP contribution in [0.1, 0.15) is 19.3 Å². The van der Waals surface area contributed by atoms with Crippen LogP contribution in [0.3, 0.4) is 0 Å². The molecule has 1 amide bonds. The first kappa shape index (κ1) is 15.2. The van der Waals surface area contributed by atoms with Crippen molar-refractivity contribution in [3.63, 3.8) is 0 Å². The van der Waals surface area contributed by atoms with Crippen molar-refractivity contribution in [2.45, 2.75) is 19.3 Å². The molecule has 7 heteroatoms. The fourth-order valence-electron chi connectivity index (χ4n) is 2.92. The Bertz CT molecular complexity index is 741. The van der Waals surface area contributed by atoms with Crippen LogP contribution in [-0.2, 0) is 4.79 Å². The molecule has 0 atom stereocenters. The van der Waals surface area contributed by atoms with Crippen LogP contribution in [0.2, 0.25) is 0 Å². The van der Waals surface area contributed by atoms with Gasteiger partial charge in [0.15, 0.2) is 0 Å². The van der Waals surface area contributed by atoms with Crippen molar-refractivity contribution < 1.29 is 9.72 Å². The third-order valence-corrected chi connectivity index (χ3v) is 4.10. The molecule has 7 nitrogen and oxygen atoms in total. The molecule has 1 saturated heterocycles. The molecule has 1 aliphatic rings.